The lowest BCUT2D eigenvalue weighted by atomic mass is 10.1. The minimum atomic E-state index is 0.892. The SMILES string of the molecule is Cc1ccnc(CCCN2CCOCC2)c1. The molecule has 1 aliphatic heterocycles. The molecule has 1 fully saturated rings. The van der Waals surface area contributed by atoms with Crippen LogP contribution in [0.4, 0.5) is 0 Å². The predicted octanol–water partition coefficient (Wildman–Crippen LogP) is 1.65. The Morgan fingerprint density at radius 1 is 1.38 bits per heavy atom. The summed E-state index contributed by atoms with van der Waals surface area (Å²) in [6, 6.07) is 4.23. The van der Waals surface area contributed by atoms with Gasteiger partial charge < -0.3 is 4.74 Å². The van der Waals surface area contributed by atoms with E-state index in [1.807, 2.05) is 12.3 Å². The van der Waals surface area contributed by atoms with Gasteiger partial charge in [0, 0.05) is 25.0 Å². The monoisotopic (exact) mass is 220 g/mol. The first-order chi connectivity index (χ1) is 7.84. The Kier molecular flexibility index (Phi) is 4.31. The van der Waals surface area contributed by atoms with Crippen LogP contribution in [-0.2, 0) is 11.2 Å². The zero-order valence-corrected chi connectivity index (χ0v) is 9.98. The van der Waals surface area contributed by atoms with Gasteiger partial charge in [-0.1, -0.05) is 0 Å². The van der Waals surface area contributed by atoms with Crippen LogP contribution in [0.3, 0.4) is 0 Å². The summed E-state index contributed by atoms with van der Waals surface area (Å²) in [6.45, 7) is 7.24. The number of hydrogen-bond donors (Lipinski definition) is 0. The average molecular weight is 220 g/mol. The molecule has 3 nitrogen and oxygen atoms in total. The lowest BCUT2D eigenvalue weighted by molar-refractivity contribution is 0.0374. The normalized spacial score (nSPS) is 17.6. The molecule has 0 amide bonds. The van der Waals surface area contributed by atoms with Crippen LogP contribution in [-0.4, -0.2) is 42.7 Å². The Bertz CT molecular complexity index is 321. The summed E-state index contributed by atoms with van der Waals surface area (Å²) in [5.74, 6) is 0. The summed E-state index contributed by atoms with van der Waals surface area (Å²) in [4.78, 5) is 6.85. The van der Waals surface area contributed by atoms with Gasteiger partial charge in [-0.05, 0) is 44.0 Å². The molecular formula is C13H20N2O. The second kappa shape index (κ2) is 5.97. The molecule has 0 aromatic carbocycles. The number of hydrogen-bond acceptors (Lipinski definition) is 3. The summed E-state index contributed by atoms with van der Waals surface area (Å²) < 4.78 is 5.33. The molecule has 1 aromatic heterocycles. The maximum Gasteiger partial charge on any atom is 0.0594 e. The van der Waals surface area contributed by atoms with Crippen LogP contribution in [0.5, 0.6) is 0 Å². The number of ether oxygens (including phenoxy) is 1. The maximum absolute atomic E-state index is 5.33. The number of pyridine rings is 1. The van der Waals surface area contributed by atoms with Gasteiger partial charge in [-0.15, -0.1) is 0 Å². The lowest BCUT2D eigenvalue weighted by Gasteiger charge is -2.26. The van der Waals surface area contributed by atoms with E-state index in [1.165, 1.54) is 24.2 Å². The van der Waals surface area contributed by atoms with Crippen molar-refractivity contribution in [3.05, 3.63) is 29.6 Å². The van der Waals surface area contributed by atoms with Crippen molar-refractivity contribution in [1.82, 2.24) is 9.88 Å². The van der Waals surface area contributed by atoms with E-state index in [2.05, 4.69) is 22.9 Å². The van der Waals surface area contributed by atoms with E-state index in [9.17, 15) is 0 Å². The van der Waals surface area contributed by atoms with Crippen molar-refractivity contribution in [2.75, 3.05) is 32.8 Å². The fourth-order valence-electron chi connectivity index (χ4n) is 2.04. The third-order valence-electron chi connectivity index (χ3n) is 2.98. The fraction of sp³-hybridized carbons (Fsp3) is 0.615. The average Bonchev–Trinajstić information content (AvgIpc) is 2.30. The Morgan fingerprint density at radius 3 is 2.94 bits per heavy atom. The summed E-state index contributed by atoms with van der Waals surface area (Å²) in [7, 11) is 0. The summed E-state index contributed by atoms with van der Waals surface area (Å²) in [5, 5.41) is 0. The first kappa shape index (κ1) is 11.6. The van der Waals surface area contributed by atoms with E-state index < -0.39 is 0 Å². The van der Waals surface area contributed by atoms with Crippen molar-refractivity contribution in [3.8, 4) is 0 Å². The molecule has 0 bridgehead atoms. The minimum absolute atomic E-state index is 0.892. The highest BCUT2D eigenvalue weighted by Crippen LogP contribution is 2.05. The van der Waals surface area contributed by atoms with Crippen molar-refractivity contribution in [2.24, 2.45) is 0 Å². The quantitative estimate of drug-likeness (QED) is 0.771. The lowest BCUT2D eigenvalue weighted by Crippen LogP contribution is -2.36. The number of aryl methyl sites for hydroxylation is 2. The molecule has 16 heavy (non-hydrogen) atoms. The number of nitrogens with zero attached hydrogens (tertiary/aromatic N) is 2. The van der Waals surface area contributed by atoms with Crippen molar-refractivity contribution in [3.63, 3.8) is 0 Å². The topological polar surface area (TPSA) is 25.4 Å². The third kappa shape index (κ3) is 3.58. The van der Waals surface area contributed by atoms with Gasteiger partial charge in [-0.25, -0.2) is 0 Å². The Balaban J connectivity index is 1.71. The number of morpholine rings is 1. The maximum atomic E-state index is 5.33. The Morgan fingerprint density at radius 2 is 2.19 bits per heavy atom. The van der Waals surface area contributed by atoms with Crippen LogP contribution >= 0.6 is 0 Å². The molecule has 2 rings (SSSR count). The smallest absolute Gasteiger partial charge is 0.0594 e. The second-order valence-electron chi connectivity index (χ2n) is 4.38. The van der Waals surface area contributed by atoms with Crippen molar-refractivity contribution in [1.29, 1.82) is 0 Å². The van der Waals surface area contributed by atoms with E-state index in [-0.39, 0.29) is 0 Å². The minimum Gasteiger partial charge on any atom is -0.379 e. The van der Waals surface area contributed by atoms with Crippen LogP contribution in [0.25, 0.3) is 0 Å². The molecule has 0 atom stereocenters. The van der Waals surface area contributed by atoms with Gasteiger partial charge >= 0.3 is 0 Å². The van der Waals surface area contributed by atoms with E-state index >= 15 is 0 Å². The van der Waals surface area contributed by atoms with Gasteiger partial charge in [0.2, 0.25) is 0 Å². The Hall–Kier alpha value is -0.930. The van der Waals surface area contributed by atoms with Gasteiger partial charge in [-0.3, -0.25) is 9.88 Å². The van der Waals surface area contributed by atoms with E-state index in [0.717, 1.165) is 32.7 Å². The first-order valence-corrected chi connectivity index (χ1v) is 6.06. The van der Waals surface area contributed by atoms with Gasteiger partial charge in [-0.2, -0.15) is 0 Å². The van der Waals surface area contributed by atoms with Crippen LogP contribution in [0.2, 0.25) is 0 Å². The molecule has 1 saturated heterocycles. The first-order valence-electron chi connectivity index (χ1n) is 6.06. The summed E-state index contributed by atoms with van der Waals surface area (Å²) >= 11 is 0. The third-order valence-corrected chi connectivity index (χ3v) is 2.98. The molecule has 0 aliphatic carbocycles. The molecule has 2 heterocycles. The standard InChI is InChI=1S/C13H20N2O/c1-12-4-5-14-13(11-12)3-2-6-15-7-9-16-10-8-15/h4-5,11H,2-3,6-10H2,1H3. The zero-order chi connectivity index (χ0) is 11.2. The van der Waals surface area contributed by atoms with Gasteiger partial charge in [0.05, 0.1) is 13.2 Å². The molecular weight excluding hydrogens is 200 g/mol. The molecule has 0 spiro atoms. The van der Waals surface area contributed by atoms with Crippen molar-refractivity contribution in [2.45, 2.75) is 19.8 Å². The molecule has 3 heteroatoms. The van der Waals surface area contributed by atoms with E-state index in [4.69, 9.17) is 4.74 Å². The van der Waals surface area contributed by atoms with Crippen molar-refractivity contribution < 1.29 is 4.74 Å². The highest BCUT2D eigenvalue weighted by atomic mass is 16.5. The van der Waals surface area contributed by atoms with Crippen LogP contribution in [0, 0.1) is 6.92 Å². The molecule has 1 aromatic rings. The van der Waals surface area contributed by atoms with Gasteiger partial charge in [0.1, 0.15) is 0 Å². The molecule has 88 valence electrons. The molecule has 0 radical (unpaired) electrons. The highest BCUT2D eigenvalue weighted by Gasteiger charge is 2.09. The van der Waals surface area contributed by atoms with Crippen LogP contribution in [0.15, 0.2) is 18.3 Å². The van der Waals surface area contributed by atoms with Crippen LogP contribution < -0.4 is 0 Å². The molecule has 0 N–H and O–H groups in total. The summed E-state index contributed by atoms with van der Waals surface area (Å²) in [5.41, 5.74) is 2.52. The number of aromatic nitrogens is 1. The summed E-state index contributed by atoms with van der Waals surface area (Å²) in [6.07, 6.45) is 4.18. The highest BCUT2D eigenvalue weighted by molar-refractivity contribution is 5.14. The second-order valence-corrected chi connectivity index (χ2v) is 4.38. The largest absolute Gasteiger partial charge is 0.379 e. The number of rotatable bonds is 4. The van der Waals surface area contributed by atoms with E-state index in [0.29, 0.717) is 0 Å². The van der Waals surface area contributed by atoms with Crippen molar-refractivity contribution >= 4 is 0 Å². The Labute approximate surface area is 97.4 Å². The fourth-order valence-corrected chi connectivity index (χ4v) is 2.04. The molecule has 0 saturated carbocycles. The predicted molar refractivity (Wildman–Crippen MR) is 64.6 cm³/mol. The zero-order valence-electron chi connectivity index (χ0n) is 9.98. The van der Waals surface area contributed by atoms with Crippen LogP contribution in [0.1, 0.15) is 17.7 Å². The molecule has 0 unspecified atom stereocenters. The van der Waals surface area contributed by atoms with E-state index in [1.54, 1.807) is 0 Å². The molecule has 1 aliphatic rings. The van der Waals surface area contributed by atoms with Gasteiger partial charge in [0.25, 0.3) is 0 Å². The van der Waals surface area contributed by atoms with Gasteiger partial charge in [0.15, 0.2) is 0 Å².